The molecule has 1 atom stereocenters. The second-order valence-electron chi connectivity index (χ2n) is 5.35. The molecule has 1 aromatic heterocycles. The molecule has 1 aliphatic rings. The van der Waals surface area contributed by atoms with Crippen LogP contribution in [0.2, 0.25) is 0 Å². The van der Waals surface area contributed by atoms with Gasteiger partial charge in [0, 0.05) is 31.1 Å². The molecule has 1 saturated heterocycles. The number of rotatable bonds is 6. The zero-order chi connectivity index (χ0) is 12.1. The van der Waals surface area contributed by atoms with Gasteiger partial charge in [-0.2, -0.15) is 0 Å². The number of thiophene rings is 1. The van der Waals surface area contributed by atoms with Crippen molar-refractivity contribution in [1.82, 2.24) is 10.2 Å². The quantitative estimate of drug-likeness (QED) is 0.783. The molecule has 0 radical (unpaired) electrons. The molecule has 0 aromatic carbocycles. The third kappa shape index (κ3) is 4.09. The number of likely N-dealkylation sites (tertiary alicyclic amines) is 1. The van der Waals surface area contributed by atoms with E-state index in [1.807, 2.05) is 11.3 Å². The fraction of sp³-hybridized carbons (Fsp3) is 0.714. The van der Waals surface area contributed by atoms with E-state index < -0.39 is 0 Å². The molecule has 96 valence electrons. The Morgan fingerprint density at radius 2 is 2.41 bits per heavy atom. The lowest BCUT2D eigenvalue weighted by Gasteiger charge is -2.17. The van der Waals surface area contributed by atoms with E-state index in [1.54, 1.807) is 0 Å². The summed E-state index contributed by atoms with van der Waals surface area (Å²) in [6.07, 6.45) is 1.39. The highest BCUT2D eigenvalue weighted by Crippen LogP contribution is 2.22. The van der Waals surface area contributed by atoms with Gasteiger partial charge in [-0.3, -0.25) is 0 Å². The Morgan fingerprint density at radius 1 is 1.53 bits per heavy atom. The van der Waals surface area contributed by atoms with Crippen LogP contribution in [0.4, 0.5) is 0 Å². The SMILES string of the molecule is CC(C)C1CCN(CCNCc2cccs2)C1. The second kappa shape index (κ2) is 6.53. The summed E-state index contributed by atoms with van der Waals surface area (Å²) in [4.78, 5) is 4.04. The Labute approximate surface area is 109 Å². The summed E-state index contributed by atoms with van der Waals surface area (Å²) in [6.45, 7) is 10.6. The topological polar surface area (TPSA) is 15.3 Å². The summed E-state index contributed by atoms with van der Waals surface area (Å²) >= 11 is 1.83. The van der Waals surface area contributed by atoms with Crippen molar-refractivity contribution in [3.05, 3.63) is 22.4 Å². The molecule has 0 amide bonds. The highest BCUT2D eigenvalue weighted by Gasteiger charge is 2.23. The molecule has 1 unspecified atom stereocenters. The van der Waals surface area contributed by atoms with Gasteiger partial charge in [0.15, 0.2) is 0 Å². The van der Waals surface area contributed by atoms with Crippen LogP contribution in [0.5, 0.6) is 0 Å². The van der Waals surface area contributed by atoms with Crippen molar-refractivity contribution in [2.75, 3.05) is 26.2 Å². The third-order valence-electron chi connectivity index (χ3n) is 3.74. The largest absolute Gasteiger partial charge is 0.311 e. The van der Waals surface area contributed by atoms with Crippen molar-refractivity contribution in [1.29, 1.82) is 0 Å². The lowest BCUT2D eigenvalue weighted by Crippen LogP contribution is -2.30. The summed E-state index contributed by atoms with van der Waals surface area (Å²) in [5, 5.41) is 5.67. The molecule has 1 aliphatic heterocycles. The number of nitrogens with one attached hydrogen (secondary N) is 1. The standard InChI is InChI=1S/C14H24N2S/c1-12(2)13-5-7-16(11-13)8-6-15-10-14-4-3-9-17-14/h3-4,9,12-13,15H,5-8,10-11H2,1-2H3. The van der Waals surface area contributed by atoms with Crippen molar-refractivity contribution in [2.24, 2.45) is 11.8 Å². The first-order chi connectivity index (χ1) is 8.25. The van der Waals surface area contributed by atoms with E-state index in [4.69, 9.17) is 0 Å². The Balaban J connectivity index is 1.57. The van der Waals surface area contributed by atoms with E-state index in [-0.39, 0.29) is 0 Å². The van der Waals surface area contributed by atoms with Gasteiger partial charge < -0.3 is 10.2 Å². The van der Waals surface area contributed by atoms with Crippen LogP contribution in [0.3, 0.4) is 0 Å². The van der Waals surface area contributed by atoms with E-state index in [1.165, 1.54) is 30.9 Å². The fourth-order valence-electron chi connectivity index (χ4n) is 2.47. The van der Waals surface area contributed by atoms with Crippen LogP contribution in [0, 0.1) is 11.8 Å². The number of hydrogen-bond donors (Lipinski definition) is 1. The summed E-state index contributed by atoms with van der Waals surface area (Å²) in [5.41, 5.74) is 0. The second-order valence-corrected chi connectivity index (χ2v) is 6.38. The molecule has 0 aliphatic carbocycles. The summed E-state index contributed by atoms with van der Waals surface area (Å²) < 4.78 is 0. The Hall–Kier alpha value is -0.380. The first-order valence-corrected chi connectivity index (χ1v) is 7.59. The minimum absolute atomic E-state index is 0.846. The van der Waals surface area contributed by atoms with Gasteiger partial charge >= 0.3 is 0 Å². The molecule has 2 heterocycles. The zero-order valence-electron chi connectivity index (χ0n) is 11.0. The highest BCUT2D eigenvalue weighted by atomic mass is 32.1. The average molecular weight is 252 g/mol. The van der Waals surface area contributed by atoms with Crippen LogP contribution in [-0.4, -0.2) is 31.1 Å². The van der Waals surface area contributed by atoms with E-state index in [9.17, 15) is 0 Å². The molecule has 3 heteroatoms. The highest BCUT2D eigenvalue weighted by molar-refractivity contribution is 7.09. The molecule has 0 saturated carbocycles. The smallest absolute Gasteiger partial charge is 0.0300 e. The maximum Gasteiger partial charge on any atom is 0.0300 e. The minimum atomic E-state index is 0.846. The van der Waals surface area contributed by atoms with Crippen molar-refractivity contribution in [2.45, 2.75) is 26.8 Å². The average Bonchev–Trinajstić information content (AvgIpc) is 2.96. The molecule has 1 N–H and O–H groups in total. The van der Waals surface area contributed by atoms with Crippen molar-refractivity contribution in [3.8, 4) is 0 Å². The van der Waals surface area contributed by atoms with Crippen LogP contribution in [-0.2, 0) is 6.54 Å². The Morgan fingerprint density at radius 3 is 3.06 bits per heavy atom. The molecule has 0 bridgehead atoms. The van der Waals surface area contributed by atoms with Gasteiger partial charge in [0.1, 0.15) is 0 Å². The van der Waals surface area contributed by atoms with Crippen LogP contribution < -0.4 is 5.32 Å². The van der Waals surface area contributed by atoms with Crippen LogP contribution in [0.25, 0.3) is 0 Å². The van der Waals surface area contributed by atoms with E-state index in [0.29, 0.717) is 0 Å². The molecule has 0 spiro atoms. The zero-order valence-corrected chi connectivity index (χ0v) is 11.8. The van der Waals surface area contributed by atoms with Gasteiger partial charge in [-0.05, 0) is 36.2 Å². The predicted octanol–water partition coefficient (Wildman–Crippen LogP) is 2.82. The molecule has 17 heavy (non-hydrogen) atoms. The summed E-state index contributed by atoms with van der Waals surface area (Å²) in [5.74, 6) is 1.77. The summed E-state index contributed by atoms with van der Waals surface area (Å²) in [6, 6.07) is 4.32. The van der Waals surface area contributed by atoms with Crippen LogP contribution in [0.15, 0.2) is 17.5 Å². The normalized spacial score (nSPS) is 21.5. The van der Waals surface area contributed by atoms with E-state index in [2.05, 4.69) is 41.6 Å². The molecular weight excluding hydrogens is 228 g/mol. The Kier molecular flexibility index (Phi) is 5.01. The van der Waals surface area contributed by atoms with Gasteiger partial charge in [-0.15, -0.1) is 11.3 Å². The van der Waals surface area contributed by atoms with E-state index >= 15 is 0 Å². The first-order valence-electron chi connectivity index (χ1n) is 6.71. The van der Waals surface area contributed by atoms with Crippen LogP contribution in [0.1, 0.15) is 25.1 Å². The minimum Gasteiger partial charge on any atom is -0.311 e. The van der Waals surface area contributed by atoms with E-state index in [0.717, 1.165) is 24.9 Å². The fourth-order valence-corrected chi connectivity index (χ4v) is 3.15. The summed E-state index contributed by atoms with van der Waals surface area (Å²) in [7, 11) is 0. The molecule has 2 rings (SSSR count). The molecular formula is C14H24N2S. The van der Waals surface area contributed by atoms with Gasteiger partial charge in [0.25, 0.3) is 0 Å². The van der Waals surface area contributed by atoms with Gasteiger partial charge in [-0.1, -0.05) is 19.9 Å². The van der Waals surface area contributed by atoms with Crippen molar-refractivity contribution in [3.63, 3.8) is 0 Å². The predicted molar refractivity (Wildman–Crippen MR) is 75.4 cm³/mol. The monoisotopic (exact) mass is 252 g/mol. The number of hydrogen-bond acceptors (Lipinski definition) is 3. The first kappa shape index (κ1) is 13.1. The molecule has 1 aromatic rings. The van der Waals surface area contributed by atoms with Crippen molar-refractivity contribution >= 4 is 11.3 Å². The van der Waals surface area contributed by atoms with Gasteiger partial charge in [0.2, 0.25) is 0 Å². The Bertz CT molecular complexity index is 308. The lowest BCUT2D eigenvalue weighted by molar-refractivity contribution is 0.302. The van der Waals surface area contributed by atoms with Crippen molar-refractivity contribution < 1.29 is 0 Å². The molecule has 1 fully saturated rings. The lowest BCUT2D eigenvalue weighted by atomic mass is 9.95. The molecule has 2 nitrogen and oxygen atoms in total. The maximum absolute atomic E-state index is 3.53. The van der Waals surface area contributed by atoms with Crippen LogP contribution >= 0.6 is 11.3 Å². The van der Waals surface area contributed by atoms with Gasteiger partial charge in [0.05, 0.1) is 0 Å². The van der Waals surface area contributed by atoms with Gasteiger partial charge in [-0.25, -0.2) is 0 Å². The maximum atomic E-state index is 3.53. The number of nitrogens with zero attached hydrogens (tertiary/aromatic N) is 1. The third-order valence-corrected chi connectivity index (χ3v) is 4.61.